The van der Waals surface area contributed by atoms with E-state index in [1.54, 1.807) is 17.0 Å². The van der Waals surface area contributed by atoms with Gasteiger partial charge in [0, 0.05) is 12.1 Å². The van der Waals surface area contributed by atoms with Gasteiger partial charge in [0.05, 0.1) is 12.3 Å². The Kier molecular flexibility index (Phi) is 5.89. The van der Waals surface area contributed by atoms with E-state index in [9.17, 15) is 20.1 Å². The maximum absolute atomic E-state index is 12.3. The third-order valence-electron chi connectivity index (χ3n) is 4.40. The first-order valence-electron chi connectivity index (χ1n) is 7.81. The molecule has 25 heavy (non-hydrogen) atoms. The Morgan fingerprint density at radius 3 is 2.56 bits per heavy atom. The second kappa shape index (κ2) is 7.79. The van der Waals surface area contributed by atoms with E-state index in [0.29, 0.717) is 10.8 Å². The molecule has 7 nitrogen and oxygen atoms in total. The molecule has 0 spiro atoms. The van der Waals surface area contributed by atoms with E-state index in [1.165, 1.54) is 18.9 Å². The van der Waals surface area contributed by atoms with Crippen LogP contribution in [0, 0.1) is 0 Å². The number of benzene rings is 1. The molecule has 6 atom stereocenters. The van der Waals surface area contributed by atoms with E-state index in [0.717, 1.165) is 5.56 Å². The van der Waals surface area contributed by atoms with Crippen molar-refractivity contribution >= 4 is 29.3 Å². The van der Waals surface area contributed by atoms with Gasteiger partial charge in [0.15, 0.2) is 6.29 Å². The lowest BCUT2D eigenvalue weighted by atomic mass is 9.98. The van der Waals surface area contributed by atoms with Crippen LogP contribution < -0.4 is 0 Å². The quantitative estimate of drug-likeness (QED) is 0.684. The maximum atomic E-state index is 12.3. The second-order valence-corrected chi connectivity index (χ2v) is 7.52. The summed E-state index contributed by atoms with van der Waals surface area (Å²) < 4.78 is 10.5. The minimum Gasteiger partial charge on any atom is -0.388 e. The SMILES string of the molecule is CO[C@H]1O[C@H](CN2C(=O)CS[C@H]2c2ccc(Cl)cc2)[C@@H](O)[C@H](O)[C@H]1O. The number of hydrogen-bond donors (Lipinski definition) is 3. The number of nitrogens with zero attached hydrogens (tertiary/aromatic N) is 1. The summed E-state index contributed by atoms with van der Waals surface area (Å²) in [4.78, 5) is 13.9. The number of carbonyl (C=O) groups excluding carboxylic acids is 1. The molecule has 1 amide bonds. The molecule has 0 bridgehead atoms. The minimum atomic E-state index is -1.41. The average molecular weight is 390 g/mol. The van der Waals surface area contributed by atoms with Crippen LogP contribution in [0.3, 0.4) is 0 Å². The average Bonchev–Trinajstić information content (AvgIpc) is 2.97. The Labute approximate surface area is 154 Å². The normalized spacial score (nSPS) is 36.0. The molecular formula is C16H20ClNO6S. The molecule has 0 aliphatic carbocycles. The molecule has 3 N–H and O–H groups in total. The van der Waals surface area contributed by atoms with Gasteiger partial charge in [0.1, 0.15) is 29.8 Å². The van der Waals surface area contributed by atoms with Crippen molar-refractivity contribution in [3.05, 3.63) is 34.9 Å². The molecule has 2 saturated heterocycles. The molecule has 0 radical (unpaired) electrons. The monoisotopic (exact) mass is 389 g/mol. The number of rotatable bonds is 4. The van der Waals surface area contributed by atoms with E-state index in [4.69, 9.17) is 21.1 Å². The summed E-state index contributed by atoms with van der Waals surface area (Å²) >= 11 is 7.38. The van der Waals surface area contributed by atoms with Gasteiger partial charge in [0.25, 0.3) is 0 Å². The molecule has 3 rings (SSSR count). The Balaban J connectivity index is 1.77. The molecule has 2 aliphatic heterocycles. The van der Waals surface area contributed by atoms with Crippen LogP contribution in [0.25, 0.3) is 0 Å². The van der Waals surface area contributed by atoms with Crippen molar-refractivity contribution in [2.75, 3.05) is 19.4 Å². The fourth-order valence-electron chi connectivity index (χ4n) is 3.01. The van der Waals surface area contributed by atoms with Gasteiger partial charge < -0.3 is 29.7 Å². The highest BCUT2D eigenvalue weighted by Crippen LogP contribution is 2.39. The third kappa shape index (κ3) is 3.80. The van der Waals surface area contributed by atoms with E-state index < -0.39 is 30.7 Å². The Bertz CT molecular complexity index is 615. The minimum absolute atomic E-state index is 0.0733. The van der Waals surface area contributed by atoms with Crippen LogP contribution in [-0.2, 0) is 14.3 Å². The molecule has 1 aromatic rings. The van der Waals surface area contributed by atoms with Gasteiger partial charge >= 0.3 is 0 Å². The van der Waals surface area contributed by atoms with Crippen molar-refractivity contribution < 1.29 is 29.6 Å². The standard InChI is InChI=1S/C16H20ClNO6S/c1-23-16-14(22)13(21)12(20)10(24-16)6-18-11(19)7-25-15(18)8-2-4-9(17)5-3-8/h2-5,10,12-16,20-22H,6-7H2,1H3/t10-,12-,13+,14-,15+,16+/m1/s1. The summed E-state index contributed by atoms with van der Waals surface area (Å²) in [5, 5.41) is 30.4. The number of ether oxygens (including phenoxy) is 2. The van der Waals surface area contributed by atoms with Gasteiger partial charge in [-0.2, -0.15) is 0 Å². The van der Waals surface area contributed by atoms with Crippen LogP contribution >= 0.6 is 23.4 Å². The maximum Gasteiger partial charge on any atom is 0.233 e. The van der Waals surface area contributed by atoms with Gasteiger partial charge in [-0.1, -0.05) is 23.7 Å². The number of thioether (sulfide) groups is 1. The molecule has 0 unspecified atom stereocenters. The fraction of sp³-hybridized carbons (Fsp3) is 0.562. The first-order valence-corrected chi connectivity index (χ1v) is 9.24. The number of halogens is 1. The van der Waals surface area contributed by atoms with Crippen molar-refractivity contribution in [3.63, 3.8) is 0 Å². The highest BCUT2D eigenvalue weighted by atomic mass is 35.5. The summed E-state index contributed by atoms with van der Waals surface area (Å²) in [6.07, 6.45) is -6.04. The van der Waals surface area contributed by atoms with Crippen LogP contribution in [0.4, 0.5) is 0 Å². The summed E-state index contributed by atoms with van der Waals surface area (Å²) in [6.45, 7) is 0.0733. The molecular weight excluding hydrogens is 370 g/mol. The zero-order valence-electron chi connectivity index (χ0n) is 13.5. The molecule has 138 valence electrons. The Morgan fingerprint density at radius 1 is 1.24 bits per heavy atom. The largest absolute Gasteiger partial charge is 0.388 e. The summed E-state index contributed by atoms with van der Waals surface area (Å²) in [5.41, 5.74) is 0.912. The van der Waals surface area contributed by atoms with Crippen LogP contribution in [0.1, 0.15) is 10.9 Å². The molecule has 1 aromatic carbocycles. The summed E-state index contributed by atoms with van der Waals surface area (Å²) in [7, 11) is 1.34. The molecule has 0 aromatic heterocycles. The van der Waals surface area contributed by atoms with Crippen LogP contribution in [-0.4, -0.2) is 76.2 Å². The van der Waals surface area contributed by atoms with Crippen molar-refractivity contribution in [1.29, 1.82) is 0 Å². The van der Waals surface area contributed by atoms with Gasteiger partial charge in [-0.3, -0.25) is 4.79 Å². The molecule has 2 fully saturated rings. The summed E-state index contributed by atoms with van der Waals surface area (Å²) in [6, 6.07) is 7.21. The molecule has 2 aliphatic rings. The number of aliphatic hydroxyl groups is 3. The van der Waals surface area contributed by atoms with Gasteiger partial charge in [0.2, 0.25) is 5.91 Å². The van der Waals surface area contributed by atoms with Crippen LogP contribution in [0.5, 0.6) is 0 Å². The number of amides is 1. The topological polar surface area (TPSA) is 99.5 Å². The van der Waals surface area contributed by atoms with Gasteiger partial charge in [-0.25, -0.2) is 0 Å². The van der Waals surface area contributed by atoms with E-state index in [2.05, 4.69) is 0 Å². The lowest BCUT2D eigenvalue weighted by Crippen LogP contribution is -2.60. The highest BCUT2D eigenvalue weighted by Gasteiger charge is 2.46. The van der Waals surface area contributed by atoms with E-state index in [-0.39, 0.29) is 17.8 Å². The van der Waals surface area contributed by atoms with E-state index >= 15 is 0 Å². The number of hydrogen-bond acceptors (Lipinski definition) is 7. The lowest BCUT2D eigenvalue weighted by molar-refractivity contribution is -0.291. The Morgan fingerprint density at radius 2 is 1.92 bits per heavy atom. The zero-order chi connectivity index (χ0) is 18.1. The van der Waals surface area contributed by atoms with Crippen molar-refractivity contribution in [2.45, 2.75) is 36.1 Å². The second-order valence-electron chi connectivity index (χ2n) is 6.01. The Hall–Kier alpha value is -0.870. The predicted molar refractivity (Wildman–Crippen MR) is 92.1 cm³/mol. The van der Waals surface area contributed by atoms with Crippen molar-refractivity contribution in [1.82, 2.24) is 4.90 Å². The molecule has 0 saturated carbocycles. The smallest absolute Gasteiger partial charge is 0.233 e. The van der Waals surface area contributed by atoms with Gasteiger partial charge in [-0.05, 0) is 17.7 Å². The van der Waals surface area contributed by atoms with Crippen molar-refractivity contribution in [3.8, 4) is 0 Å². The van der Waals surface area contributed by atoms with Gasteiger partial charge in [-0.15, -0.1) is 11.8 Å². The first kappa shape index (κ1) is 18.9. The predicted octanol–water partition coefficient (Wildman–Crippen LogP) is 0.368. The van der Waals surface area contributed by atoms with E-state index in [1.807, 2.05) is 12.1 Å². The highest BCUT2D eigenvalue weighted by molar-refractivity contribution is 8.00. The number of aliphatic hydroxyl groups excluding tert-OH is 3. The van der Waals surface area contributed by atoms with Crippen molar-refractivity contribution in [2.24, 2.45) is 0 Å². The number of carbonyl (C=O) groups is 1. The third-order valence-corrected chi connectivity index (χ3v) is 5.91. The van der Waals surface area contributed by atoms with Crippen LogP contribution in [0.15, 0.2) is 24.3 Å². The molecule has 9 heteroatoms. The fourth-order valence-corrected chi connectivity index (χ4v) is 4.34. The lowest BCUT2D eigenvalue weighted by Gasteiger charge is -2.41. The number of methoxy groups -OCH3 is 1. The molecule has 2 heterocycles. The summed E-state index contributed by atoms with van der Waals surface area (Å²) in [5.74, 6) is 0.227. The van der Waals surface area contributed by atoms with Crippen LogP contribution in [0.2, 0.25) is 5.02 Å². The zero-order valence-corrected chi connectivity index (χ0v) is 15.1. The first-order chi connectivity index (χ1) is 11.9.